The highest BCUT2D eigenvalue weighted by Crippen LogP contribution is 2.25. The van der Waals surface area contributed by atoms with Gasteiger partial charge in [-0.2, -0.15) is 0 Å². The van der Waals surface area contributed by atoms with Crippen LogP contribution in [-0.4, -0.2) is 71.1 Å². The van der Waals surface area contributed by atoms with Gasteiger partial charge in [0.1, 0.15) is 0 Å². The first-order valence-electron chi connectivity index (χ1n) is 10.2. The standard InChI is InChI=1S/C22H41N3/c1-20(2,3)11-12-22(7,8)25-13-9-19(10-14-25)23-15-17-24(18-16-23)21(4,5)6/h19H,9-10,13-18H2,1-8H3. The van der Waals surface area contributed by atoms with Crippen LogP contribution in [0.3, 0.4) is 0 Å². The Bertz CT molecular complexity index is 482. The average molecular weight is 348 g/mol. The van der Waals surface area contributed by atoms with Crippen molar-refractivity contribution in [3.05, 3.63) is 0 Å². The molecule has 0 aliphatic carbocycles. The lowest BCUT2D eigenvalue weighted by Gasteiger charge is -2.47. The summed E-state index contributed by atoms with van der Waals surface area (Å²) in [6.45, 7) is 25.4. The maximum absolute atomic E-state index is 3.54. The Hall–Kier alpha value is -0.560. The van der Waals surface area contributed by atoms with Crippen LogP contribution in [0.25, 0.3) is 0 Å². The molecule has 2 heterocycles. The fourth-order valence-corrected chi connectivity index (χ4v) is 3.97. The Morgan fingerprint density at radius 1 is 0.640 bits per heavy atom. The molecule has 2 saturated heterocycles. The quantitative estimate of drug-likeness (QED) is 0.705. The monoisotopic (exact) mass is 347 g/mol. The summed E-state index contributed by atoms with van der Waals surface area (Å²) in [6.07, 6.45) is 2.58. The maximum Gasteiger partial charge on any atom is 0.0769 e. The molecule has 2 aliphatic rings. The average Bonchev–Trinajstić information content (AvgIpc) is 2.52. The second-order valence-electron chi connectivity index (χ2n) is 10.5. The summed E-state index contributed by atoms with van der Waals surface area (Å²) < 4.78 is 0. The van der Waals surface area contributed by atoms with E-state index in [1.165, 1.54) is 52.1 Å². The molecule has 0 bridgehead atoms. The van der Waals surface area contributed by atoms with Gasteiger partial charge in [-0.25, -0.2) is 0 Å². The van der Waals surface area contributed by atoms with Crippen LogP contribution in [0.15, 0.2) is 0 Å². The van der Waals surface area contributed by atoms with Gasteiger partial charge in [-0.05, 0) is 68.2 Å². The molecule has 25 heavy (non-hydrogen) atoms. The van der Waals surface area contributed by atoms with E-state index in [-0.39, 0.29) is 11.0 Å². The largest absolute Gasteiger partial charge is 0.298 e. The number of rotatable bonds is 2. The SMILES string of the molecule is CC(C)(C)C#CC(C)(C)N1CCC(N2CCN(C(C)(C)C)CC2)CC1. The van der Waals surface area contributed by atoms with E-state index in [0.717, 1.165) is 6.04 Å². The zero-order valence-corrected chi connectivity index (χ0v) is 18.1. The molecule has 0 amide bonds. The third kappa shape index (κ3) is 5.98. The molecule has 0 radical (unpaired) electrons. The minimum absolute atomic E-state index is 0.0107. The Morgan fingerprint density at radius 2 is 1.16 bits per heavy atom. The van der Waals surface area contributed by atoms with E-state index in [9.17, 15) is 0 Å². The van der Waals surface area contributed by atoms with Crippen LogP contribution < -0.4 is 0 Å². The van der Waals surface area contributed by atoms with E-state index in [4.69, 9.17) is 0 Å². The zero-order chi connectivity index (χ0) is 18.9. The topological polar surface area (TPSA) is 9.72 Å². The van der Waals surface area contributed by atoms with Crippen LogP contribution >= 0.6 is 0 Å². The number of nitrogens with zero attached hydrogens (tertiary/aromatic N) is 3. The molecule has 2 fully saturated rings. The molecule has 0 atom stereocenters. The first kappa shape index (κ1) is 20.7. The Kier molecular flexibility index (Phi) is 6.30. The fourth-order valence-electron chi connectivity index (χ4n) is 3.97. The molecular weight excluding hydrogens is 306 g/mol. The summed E-state index contributed by atoms with van der Waals surface area (Å²) in [5.41, 5.74) is 0.386. The van der Waals surface area contributed by atoms with Crippen LogP contribution in [0.1, 0.15) is 68.2 Å². The maximum atomic E-state index is 3.54. The summed E-state index contributed by atoms with van der Waals surface area (Å²) in [6, 6.07) is 0.768. The van der Waals surface area contributed by atoms with Crippen molar-refractivity contribution in [3.8, 4) is 11.8 Å². The summed E-state index contributed by atoms with van der Waals surface area (Å²) >= 11 is 0. The second kappa shape index (κ2) is 7.59. The highest BCUT2D eigenvalue weighted by atomic mass is 15.3. The molecule has 3 nitrogen and oxygen atoms in total. The Morgan fingerprint density at radius 3 is 1.60 bits per heavy atom. The van der Waals surface area contributed by atoms with Crippen molar-refractivity contribution in [3.63, 3.8) is 0 Å². The predicted octanol–water partition coefficient (Wildman–Crippen LogP) is 3.70. The lowest BCUT2D eigenvalue weighted by atomic mass is 9.92. The van der Waals surface area contributed by atoms with Gasteiger partial charge in [0.25, 0.3) is 0 Å². The molecule has 144 valence electrons. The number of likely N-dealkylation sites (tertiary alicyclic amines) is 1. The molecule has 0 aromatic heterocycles. The van der Waals surface area contributed by atoms with E-state index in [1.54, 1.807) is 0 Å². The van der Waals surface area contributed by atoms with E-state index < -0.39 is 0 Å². The van der Waals surface area contributed by atoms with Crippen LogP contribution in [-0.2, 0) is 0 Å². The van der Waals surface area contributed by atoms with Gasteiger partial charge >= 0.3 is 0 Å². The van der Waals surface area contributed by atoms with Crippen LogP contribution in [0.2, 0.25) is 0 Å². The summed E-state index contributed by atoms with van der Waals surface area (Å²) in [5, 5.41) is 0. The van der Waals surface area contributed by atoms with Crippen LogP contribution in [0.5, 0.6) is 0 Å². The number of piperazine rings is 1. The van der Waals surface area contributed by atoms with Crippen LogP contribution in [0.4, 0.5) is 0 Å². The van der Waals surface area contributed by atoms with Crippen molar-refractivity contribution in [2.45, 2.75) is 85.4 Å². The normalized spacial score (nSPS) is 23.4. The van der Waals surface area contributed by atoms with Gasteiger partial charge in [0.15, 0.2) is 0 Å². The van der Waals surface area contributed by atoms with E-state index in [1.807, 2.05) is 0 Å². The molecular formula is C22H41N3. The predicted molar refractivity (Wildman–Crippen MR) is 109 cm³/mol. The molecule has 0 unspecified atom stereocenters. The minimum atomic E-state index is -0.0107. The van der Waals surface area contributed by atoms with Crippen molar-refractivity contribution in [2.75, 3.05) is 39.3 Å². The molecule has 0 saturated carbocycles. The summed E-state index contributed by atoms with van der Waals surface area (Å²) in [5.74, 6) is 6.99. The van der Waals surface area contributed by atoms with Crippen molar-refractivity contribution >= 4 is 0 Å². The number of piperidine rings is 1. The summed E-state index contributed by atoms with van der Waals surface area (Å²) in [7, 11) is 0. The zero-order valence-electron chi connectivity index (χ0n) is 18.1. The van der Waals surface area contributed by atoms with E-state index in [0.29, 0.717) is 5.54 Å². The molecule has 2 aliphatic heterocycles. The van der Waals surface area contributed by atoms with Crippen LogP contribution in [0, 0.1) is 17.3 Å². The van der Waals surface area contributed by atoms with E-state index in [2.05, 4.69) is 81.9 Å². The molecule has 0 aromatic carbocycles. The van der Waals surface area contributed by atoms with Gasteiger partial charge in [0.2, 0.25) is 0 Å². The highest BCUT2D eigenvalue weighted by molar-refractivity contribution is 5.19. The Labute approximate surface area is 157 Å². The minimum Gasteiger partial charge on any atom is -0.298 e. The third-order valence-electron chi connectivity index (χ3n) is 5.78. The first-order valence-corrected chi connectivity index (χ1v) is 10.2. The lowest BCUT2D eigenvalue weighted by Crippen LogP contribution is -2.58. The number of hydrogen-bond donors (Lipinski definition) is 0. The van der Waals surface area contributed by atoms with Crippen molar-refractivity contribution in [1.82, 2.24) is 14.7 Å². The fraction of sp³-hybridized carbons (Fsp3) is 0.909. The number of hydrogen-bond acceptors (Lipinski definition) is 3. The van der Waals surface area contributed by atoms with Crippen molar-refractivity contribution in [1.29, 1.82) is 0 Å². The second-order valence-corrected chi connectivity index (χ2v) is 10.5. The van der Waals surface area contributed by atoms with Gasteiger partial charge < -0.3 is 0 Å². The van der Waals surface area contributed by atoms with Gasteiger partial charge in [-0.3, -0.25) is 14.7 Å². The first-order chi connectivity index (χ1) is 11.4. The van der Waals surface area contributed by atoms with Crippen molar-refractivity contribution in [2.24, 2.45) is 5.41 Å². The molecule has 3 heteroatoms. The molecule has 0 aromatic rings. The summed E-state index contributed by atoms with van der Waals surface area (Å²) in [4.78, 5) is 7.96. The highest BCUT2D eigenvalue weighted by Gasteiger charge is 2.34. The molecule has 2 rings (SSSR count). The van der Waals surface area contributed by atoms with E-state index >= 15 is 0 Å². The van der Waals surface area contributed by atoms with Crippen molar-refractivity contribution < 1.29 is 0 Å². The lowest BCUT2D eigenvalue weighted by molar-refractivity contribution is 0.0149. The molecule has 0 N–H and O–H groups in total. The molecule has 0 spiro atoms. The van der Waals surface area contributed by atoms with Gasteiger partial charge in [-0.15, -0.1) is 0 Å². The Balaban J connectivity index is 1.85. The smallest absolute Gasteiger partial charge is 0.0769 e. The van der Waals surface area contributed by atoms with Gasteiger partial charge in [-0.1, -0.05) is 11.8 Å². The third-order valence-corrected chi connectivity index (χ3v) is 5.78. The van der Waals surface area contributed by atoms with Gasteiger partial charge in [0, 0.05) is 56.3 Å². The van der Waals surface area contributed by atoms with Gasteiger partial charge in [0.05, 0.1) is 5.54 Å².